The van der Waals surface area contributed by atoms with Gasteiger partial charge in [-0.25, -0.2) is 9.97 Å². The van der Waals surface area contributed by atoms with E-state index in [1.54, 1.807) is 6.33 Å². The first-order chi connectivity index (χ1) is 8.43. The monoisotopic (exact) mass is 224 g/mol. The number of aliphatic imine (C=N–C) groups is 1. The molecule has 1 aliphatic rings. The predicted molar refractivity (Wildman–Crippen MR) is 67.7 cm³/mol. The van der Waals surface area contributed by atoms with E-state index in [0.717, 1.165) is 30.2 Å². The lowest BCUT2D eigenvalue weighted by molar-refractivity contribution is 1.05. The Hall–Kier alpha value is -2.23. The quantitative estimate of drug-likeness (QED) is 0.870. The van der Waals surface area contributed by atoms with Crippen molar-refractivity contribution in [1.29, 1.82) is 0 Å². The van der Waals surface area contributed by atoms with Crippen LogP contribution in [0, 0.1) is 0 Å². The van der Waals surface area contributed by atoms with Crippen LogP contribution >= 0.6 is 0 Å². The molecule has 0 fully saturated rings. The zero-order chi connectivity index (χ0) is 11.5. The highest BCUT2D eigenvalue weighted by Gasteiger charge is 2.13. The molecule has 0 unspecified atom stereocenters. The summed E-state index contributed by atoms with van der Waals surface area (Å²) in [4.78, 5) is 12.7. The number of nitrogens with one attached hydrogen (secondary N) is 1. The molecule has 0 atom stereocenters. The van der Waals surface area contributed by atoms with Crippen molar-refractivity contribution in [2.45, 2.75) is 13.0 Å². The van der Waals surface area contributed by atoms with Crippen LogP contribution in [0.1, 0.15) is 11.3 Å². The van der Waals surface area contributed by atoms with Crippen LogP contribution in [0.5, 0.6) is 0 Å². The number of fused-ring (bicyclic) bond motifs is 1. The van der Waals surface area contributed by atoms with Gasteiger partial charge in [0, 0.05) is 19.2 Å². The van der Waals surface area contributed by atoms with Crippen molar-refractivity contribution >= 4 is 17.7 Å². The van der Waals surface area contributed by atoms with Crippen LogP contribution in [0.2, 0.25) is 0 Å². The fraction of sp³-hybridized carbons (Fsp3) is 0.154. The Morgan fingerprint density at radius 3 is 2.88 bits per heavy atom. The van der Waals surface area contributed by atoms with Gasteiger partial charge < -0.3 is 5.32 Å². The van der Waals surface area contributed by atoms with E-state index in [1.807, 2.05) is 24.4 Å². The Kier molecular flexibility index (Phi) is 2.54. The molecule has 0 saturated heterocycles. The molecule has 17 heavy (non-hydrogen) atoms. The van der Waals surface area contributed by atoms with Gasteiger partial charge in [-0.15, -0.1) is 0 Å². The number of rotatable bonds is 3. The maximum Gasteiger partial charge on any atom is 0.155 e. The third-order valence-corrected chi connectivity index (χ3v) is 2.71. The zero-order valence-electron chi connectivity index (χ0n) is 9.30. The molecule has 0 aliphatic carbocycles. The first-order valence-electron chi connectivity index (χ1n) is 5.58. The summed E-state index contributed by atoms with van der Waals surface area (Å²) in [5.74, 6) is 0.813. The van der Waals surface area contributed by atoms with E-state index in [1.165, 1.54) is 5.56 Å². The van der Waals surface area contributed by atoms with Gasteiger partial charge in [0.15, 0.2) is 5.82 Å². The molecule has 84 valence electrons. The van der Waals surface area contributed by atoms with Gasteiger partial charge in [-0.05, 0) is 5.56 Å². The van der Waals surface area contributed by atoms with E-state index in [4.69, 9.17) is 0 Å². The Morgan fingerprint density at radius 2 is 2.00 bits per heavy atom. The van der Waals surface area contributed by atoms with Crippen molar-refractivity contribution in [2.24, 2.45) is 4.99 Å². The predicted octanol–water partition coefficient (Wildman–Crippen LogP) is 2.35. The summed E-state index contributed by atoms with van der Waals surface area (Å²) < 4.78 is 0. The number of hydrogen-bond donors (Lipinski definition) is 1. The summed E-state index contributed by atoms with van der Waals surface area (Å²) in [6.07, 6.45) is 4.26. The van der Waals surface area contributed by atoms with Crippen molar-refractivity contribution in [3.63, 3.8) is 0 Å². The van der Waals surface area contributed by atoms with E-state index in [0.29, 0.717) is 0 Å². The second kappa shape index (κ2) is 4.33. The summed E-state index contributed by atoms with van der Waals surface area (Å²) in [6, 6.07) is 10.2. The summed E-state index contributed by atoms with van der Waals surface area (Å²) in [6.45, 7) is 0.750. The molecule has 4 nitrogen and oxygen atoms in total. The Labute approximate surface area is 99.5 Å². The molecular weight excluding hydrogens is 212 g/mol. The standard InChI is InChI=1S/C13H12N4/c1-2-4-10(5-3-1)8-15-13-12-11(6-7-14-12)16-9-17-13/h1-5,7,9H,6,8H2,(H,15,16,17). The molecule has 0 saturated carbocycles. The number of hydrogen-bond acceptors (Lipinski definition) is 4. The average molecular weight is 224 g/mol. The van der Waals surface area contributed by atoms with Gasteiger partial charge in [0.25, 0.3) is 0 Å². The molecule has 4 heteroatoms. The highest BCUT2D eigenvalue weighted by molar-refractivity contribution is 5.80. The summed E-state index contributed by atoms with van der Waals surface area (Å²) in [5, 5.41) is 3.30. The van der Waals surface area contributed by atoms with Gasteiger partial charge >= 0.3 is 0 Å². The second-order valence-electron chi connectivity index (χ2n) is 3.87. The van der Waals surface area contributed by atoms with Gasteiger partial charge in [-0.3, -0.25) is 4.99 Å². The first kappa shape index (κ1) is 9.96. The maximum absolute atomic E-state index is 4.30. The zero-order valence-corrected chi connectivity index (χ0v) is 9.30. The van der Waals surface area contributed by atoms with E-state index in [-0.39, 0.29) is 0 Å². The molecule has 0 bridgehead atoms. The molecule has 3 rings (SSSR count). The third-order valence-electron chi connectivity index (χ3n) is 2.71. The van der Waals surface area contributed by atoms with Gasteiger partial charge in [0.1, 0.15) is 12.0 Å². The minimum atomic E-state index is 0.750. The van der Waals surface area contributed by atoms with Crippen LogP contribution in [0.25, 0.3) is 0 Å². The summed E-state index contributed by atoms with van der Waals surface area (Å²) in [5.41, 5.74) is 3.10. The highest BCUT2D eigenvalue weighted by Crippen LogP contribution is 2.29. The van der Waals surface area contributed by atoms with Gasteiger partial charge in [0.2, 0.25) is 0 Å². The van der Waals surface area contributed by atoms with E-state index in [9.17, 15) is 0 Å². The average Bonchev–Trinajstić information content (AvgIpc) is 2.86. The highest BCUT2D eigenvalue weighted by atomic mass is 15.1. The topological polar surface area (TPSA) is 50.2 Å². The number of benzene rings is 1. The Morgan fingerprint density at radius 1 is 1.12 bits per heavy atom. The fourth-order valence-corrected chi connectivity index (χ4v) is 1.83. The van der Waals surface area contributed by atoms with Crippen LogP contribution < -0.4 is 5.32 Å². The fourth-order valence-electron chi connectivity index (χ4n) is 1.83. The van der Waals surface area contributed by atoms with Crippen LogP contribution in [0.15, 0.2) is 41.7 Å². The first-order valence-corrected chi connectivity index (χ1v) is 5.58. The second-order valence-corrected chi connectivity index (χ2v) is 3.87. The third kappa shape index (κ3) is 2.01. The number of aromatic nitrogens is 2. The number of anilines is 1. The molecule has 2 aromatic rings. The summed E-state index contributed by atoms with van der Waals surface area (Å²) >= 11 is 0. The minimum absolute atomic E-state index is 0.750. The van der Waals surface area contributed by atoms with E-state index in [2.05, 4.69) is 32.4 Å². The number of nitrogens with zero attached hydrogens (tertiary/aromatic N) is 3. The molecule has 0 amide bonds. The molecule has 1 aromatic heterocycles. The lowest BCUT2D eigenvalue weighted by Gasteiger charge is -2.07. The van der Waals surface area contributed by atoms with Crippen LogP contribution in [0.4, 0.5) is 11.5 Å². The lowest BCUT2D eigenvalue weighted by atomic mass is 10.2. The smallest absolute Gasteiger partial charge is 0.155 e. The van der Waals surface area contributed by atoms with Gasteiger partial charge in [0.05, 0.1) is 5.69 Å². The normalized spacial score (nSPS) is 12.5. The molecule has 0 spiro atoms. The van der Waals surface area contributed by atoms with Crippen molar-refractivity contribution in [2.75, 3.05) is 5.32 Å². The Bertz CT molecular complexity index is 549. The molecular formula is C13H12N4. The van der Waals surface area contributed by atoms with Crippen molar-refractivity contribution < 1.29 is 0 Å². The van der Waals surface area contributed by atoms with Crippen LogP contribution in [0.3, 0.4) is 0 Å². The molecule has 1 aliphatic heterocycles. The summed E-state index contributed by atoms with van der Waals surface area (Å²) in [7, 11) is 0. The van der Waals surface area contributed by atoms with Crippen molar-refractivity contribution in [3.05, 3.63) is 47.9 Å². The molecule has 1 aromatic carbocycles. The van der Waals surface area contributed by atoms with Crippen LogP contribution in [-0.4, -0.2) is 16.2 Å². The minimum Gasteiger partial charge on any atom is -0.364 e. The maximum atomic E-state index is 4.30. The van der Waals surface area contributed by atoms with Crippen LogP contribution in [-0.2, 0) is 13.0 Å². The van der Waals surface area contributed by atoms with Crippen molar-refractivity contribution in [3.8, 4) is 0 Å². The molecule has 2 heterocycles. The molecule has 0 radical (unpaired) electrons. The Balaban J connectivity index is 1.78. The van der Waals surface area contributed by atoms with Gasteiger partial charge in [-0.2, -0.15) is 0 Å². The molecule has 1 N–H and O–H groups in total. The lowest BCUT2D eigenvalue weighted by Crippen LogP contribution is -2.02. The van der Waals surface area contributed by atoms with E-state index < -0.39 is 0 Å². The van der Waals surface area contributed by atoms with E-state index >= 15 is 0 Å². The largest absolute Gasteiger partial charge is 0.364 e. The van der Waals surface area contributed by atoms with Crippen molar-refractivity contribution in [1.82, 2.24) is 9.97 Å². The van der Waals surface area contributed by atoms with Gasteiger partial charge in [-0.1, -0.05) is 30.3 Å². The SMILES string of the molecule is C1=Nc2c(ncnc2NCc2ccccc2)C1.